The Morgan fingerprint density at radius 2 is 1.79 bits per heavy atom. The van der Waals surface area contributed by atoms with Crippen LogP contribution in [0.2, 0.25) is 0 Å². The number of hydrogen-bond acceptors (Lipinski definition) is 5. The Morgan fingerprint density at radius 1 is 1.00 bits per heavy atom. The van der Waals surface area contributed by atoms with Crippen molar-refractivity contribution in [2.75, 3.05) is 32.7 Å². The van der Waals surface area contributed by atoms with Crippen LogP contribution in [0.4, 0.5) is 0 Å². The summed E-state index contributed by atoms with van der Waals surface area (Å²) in [5.41, 5.74) is 7.95. The van der Waals surface area contributed by atoms with Crippen molar-refractivity contribution < 1.29 is 9.53 Å². The van der Waals surface area contributed by atoms with E-state index >= 15 is 0 Å². The zero-order chi connectivity index (χ0) is 28.0. The number of carbonyl (C=O) groups excluding carboxylic acids is 1. The van der Waals surface area contributed by atoms with Crippen molar-refractivity contribution in [2.45, 2.75) is 118 Å². The van der Waals surface area contributed by atoms with Crippen LogP contribution >= 0.6 is 0 Å². The molecular formula is C34H61N3O2. The molecular weight excluding hydrogens is 482 g/mol. The predicted molar refractivity (Wildman–Crippen MR) is 162 cm³/mol. The minimum absolute atomic E-state index is 0.0535. The Hall–Kier alpha value is -0.910. The summed E-state index contributed by atoms with van der Waals surface area (Å²) >= 11 is 0. The fourth-order valence-electron chi connectivity index (χ4n) is 9.74. The molecule has 0 saturated heterocycles. The van der Waals surface area contributed by atoms with E-state index in [1.807, 2.05) is 0 Å². The first-order valence-electron chi connectivity index (χ1n) is 16.7. The molecule has 4 N–H and O–H groups in total. The number of esters is 1. The van der Waals surface area contributed by atoms with Gasteiger partial charge in [0, 0.05) is 19.5 Å². The van der Waals surface area contributed by atoms with E-state index < -0.39 is 0 Å². The average Bonchev–Trinajstić information content (AvgIpc) is 3.25. The lowest BCUT2D eigenvalue weighted by atomic mass is 9.47. The van der Waals surface area contributed by atoms with Gasteiger partial charge in [-0.1, -0.05) is 65.5 Å². The summed E-state index contributed by atoms with van der Waals surface area (Å²) < 4.78 is 5.96. The van der Waals surface area contributed by atoms with Gasteiger partial charge in [-0.05, 0) is 111 Å². The van der Waals surface area contributed by atoms with Crippen molar-refractivity contribution >= 4 is 5.97 Å². The summed E-state index contributed by atoms with van der Waals surface area (Å²) in [4.78, 5) is 12.5. The lowest BCUT2D eigenvalue weighted by Crippen LogP contribution is -2.51. The van der Waals surface area contributed by atoms with Crippen LogP contribution < -0.4 is 16.4 Å². The summed E-state index contributed by atoms with van der Waals surface area (Å²) in [7, 11) is 0. The molecule has 3 saturated carbocycles. The van der Waals surface area contributed by atoms with Crippen LogP contribution in [0.5, 0.6) is 0 Å². The molecule has 0 aromatic carbocycles. The van der Waals surface area contributed by atoms with E-state index in [1.54, 1.807) is 5.57 Å². The second-order valence-electron chi connectivity index (χ2n) is 14.7. The van der Waals surface area contributed by atoms with E-state index in [1.165, 1.54) is 57.8 Å². The second-order valence-corrected chi connectivity index (χ2v) is 14.7. The van der Waals surface area contributed by atoms with Gasteiger partial charge in [0.25, 0.3) is 0 Å². The van der Waals surface area contributed by atoms with Gasteiger partial charge < -0.3 is 21.1 Å². The van der Waals surface area contributed by atoms with Gasteiger partial charge in [-0.3, -0.25) is 4.79 Å². The molecule has 4 rings (SSSR count). The molecule has 8 atom stereocenters. The van der Waals surface area contributed by atoms with E-state index in [0.717, 1.165) is 74.4 Å². The summed E-state index contributed by atoms with van der Waals surface area (Å²) in [6.07, 6.45) is 18.0. The number of ether oxygens (including phenoxy) is 1. The van der Waals surface area contributed by atoms with Crippen LogP contribution in [-0.4, -0.2) is 44.8 Å². The highest BCUT2D eigenvalue weighted by Crippen LogP contribution is 2.67. The van der Waals surface area contributed by atoms with Crippen molar-refractivity contribution in [1.29, 1.82) is 0 Å². The van der Waals surface area contributed by atoms with Gasteiger partial charge in [-0.25, -0.2) is 0 Å². The zero-order valence-corrected chi connectivity index (χ0v) is 26.0. The normalized spacial score (nSPS) is 36.6. The molecule has 5 nitrogen and oxygen atoms in total. The summed E-state index contributed by atoms with van der Waals surface area (Å²) in [5, 5.41) is 6.53. The fourth-order valence-corrected chi connectivity index (χ4v) is 9.74. The maximum atomic E-state index is 12.5. The second kappa shape index (κ2) is 13.8. The molecule has 3 fully saturated rings. The Bertz CT molecular complexity index is 827. The number of hydrogen-bond donors (Lipinski definition) is 3. The Morgan fingerprint density at radius 3 is 2.56 bits per heavy atom. The third-order valence-corrected chi connectivity index (χ3v) is 11.9. The summed E-state index contributed by atoms with van der Waals surface area (Å²) in [6, 6.07) is 0. The van der Waals surface area contributed by atoms with Gasteiger partial charge in [0.2, 0.25) is 0 Å². The monoisotopic (exact) mass is 543 g/mol. The van der Waals surface area contributed by atoms with Crippen LogP contribution in [-0.2, 0) is 9.53 Å². The van der Waals surface area contributed by atoms with E-state index in [9.17, 15) is 4.79 Å². The molecule has 0 amide bonds. The quantitative estimate of drug-likeness (QED) is 0.133. The minimum Gasteiger partial charge on any atom is -0.461 e. The molecule has 0 bridgehead atoms. The molecule has 0 spiro atoms. The van der Waals surface area contributed by atoms with Crippen molar-refractivity contribution in [3.63, 3.8) is 0 Å². The molecule has 0 radical (unpaired) electrons. The van der Waals surface area contributed by atoms with Crippen LogP contribution in [0.1, 0.15) is 112 Å². The van der Waals surface area contributed by atoms with Gasteiger partial charge in [0.15, 0.2) is 0 Å². The van der Waals surface area contributed by atoms with Gasteiger partial charge >= 0.3 is 5.97 Å². The maximum Gasteiger partial charge on any atom is 0.320 e. The van der Waals surface area contributed by atoms with E-state index in [4.69, 9.17) is 10.5 Å². The van der Waals surface area contributed by atoms with Crippen LogP contribution in [0.25, 0.3) is 0 Å². The standard InChI is InChI=1S/C34H61N3O2/c1-24(2)8-6-9-25(3)29-12-13-30-28-11-10-26-22-27(39-32(38)23-37-20-7-19-36-21-18-35)14-16-33(26,4)31(28)15-17-34(29,30)5/h10,24-25,27-31,36-37H,6-9,11-23,35H2,1-5H3/t25-,27?,28?,29-,30?,31?,33+,34-/m1/s1. The summed E-state index contributed by atoms with van der Waals surface area (Å²) in [5.74, 6) is 5.09. The number of carbonyl (C=O) groups is 1. The number of nitrogens with two attached hydrogens (primary N) is 1. The molecule has 5 heteroatoms. The summed E-state index contributed by atoms with van der Waals surface area (Å²) in [6.45, 7) is 16.1. The van der Waals surface area contributed by atoms with E-state index in [0.29, 0.717) is 23.9 Å². The molecule has 39 heavy (non-hydrogen) atoms. The Labute approximate surface area is 240 Å². The number of nitrogens with one attached hydrogen (secondary N) is 2. The molecule has 4 aliphatic rings. The van der Waals surface area contributed by atoms with Gasteiger partial charge in [0.1, 0.15) is 6.10 Å². The first kappa shape index (κ1) is 31.0. The van der Waals surface area contributed by atoms with Crippen molar-refractivity contribution in [3.05, 3.63) is 11.6 Å². The predicted octanol–water partition coefficient (Wildman–Crippen LogP) is 6.47. The number of rotatable bonds is 14. The van der Waals surface area contributed by atoms with E-state index in [-0.39, 0.29) is 12.1 Å². The van der Waals surface area contributed by atoms with Gasteiger partial charge in [-0.15, -0.1) is 0 Å². The largest absolute Gasteiger partial charge is 0.461 e. The van der Waals surface area contributed by atoms with Gasteiger partial charge in [0.05, 0.1) is 6.54 Å². The topological polar surface area (TPSA) is 76.4 Å². The molecule has 4 unspecified atom stereocenters. The fraction of sp³-hybridized carbons (Fsp3) is 0.912. The van der Waals surface area contributed by atoms with Crippen LogP contribution in [0, 0.1) is 46.3 Å². The lowest BCUT2D eigenvalue weighted by Gasteiger charge is -2.58. The lowest BCUT2D eigenvalue weighted by molar-refractivity contribution is -0.150. The highest BCUT2D eigenvalue weighted by Gasteiger charge is 2.59. The van der Waals surface area contributed by atoms with Gasteiger partial charge in [-0.2, -0.15) is 0 Å². The van der Waals surface area contributed by atoms with Crippen LogP contribution in [0.3, 0.4) is 0 Å². The minimum atomic E-state index is -0.0965. The average molecular weight is 544 g/mol. The van der Waals surface area contributed by atoms with E-state index in [2.05, 4.69) is 51.3 Å². The SMILES string of the molecule is CC(C)CCC[C@@H](C)[C@H]1CCC2C3CC=C4CC(OC(=O)CNCCCNCCN)CC[C@]4(C)C3CC[C@@]21C. The van der Waals surface area contributed by atoms with Crippen molar-refractivity contribution in [2.24, 2.45) is 52.1 Å². The highest BCUT2D eigenvalue weighted by molar-refractivity contribution is 5.71. The smallest absolute Gasteiger partial charge is 0.320 e. The third-order valence-electron chi connectivity index (χ3n) is 11.9. The molecule has 0 aliphatic heterocycles. The van der Waals surface area contributed by atoms with Crippen molar-refractivity contribution in [3.8, 4) is 0 Å². The Kier molecular flexibility index (Phi) is 11.0. The molecule has 0 aromatic heterocycles. The molecule has 0 heterocycles. The zero-order valence-electron chi connectivity index (χ0n) is 26.0. The third kappa shape index (κ3) is 7.12. The molecule has 4 aliphatic carbocycles. The first-order valence-corrected chi connectivity index (χ1v) is 16.7. The molecule has 224 valence electrons. The highest BCUT2D eigenvalue weighted by atomic mass is 16.5. The van der Waals surface area contributed by atoms with Crippen molar-refractivity contribution in [1.82, 2.24) is 10.6 Å². The van der Waals surface area contributed by atoms with Crippen LogP contribution in [0.15, 0.2) is 11.6 Å². The number of allylic oxidation sites excluding steroid dienone is 1. The maximum absolute atomic E-state index is 12.5. The molecule has 0 aromatic rings. The Balaban J connectivity index is 1.29. The number of fused-ring (bicyclic) bond motifs is 5. The first-order chi connectivity index (χ1) is 18.7.